The molecule has 0 bridgehead atoms. The molecule has 0 atom stereocenters. The molecule has 0 amide bonds. The van der Waals surface area contributed by atoms with E-state index in [0.717, 1.165) is 43.2 Å². The van der Waals surface area contributed by atoms with Crippen LogP contribution in [0.3, 0.4) is 0 Å². The lowest BCUT2D eigenvalue weighted by Crippen LogP contribution is -2.36. The molecule has 0 spiro atoms. The molecule has 3 rings (SSSR count). The number of carbonyl (C=O) groups is 1. The van der Waals surface area contributed by atoms with Gasteiger partial charge in [0.15, 0.2) is 5.69 Å². The summed E-state index contributed by atoms with van der Waals surface area (Å²) in [6, 6.07) is 9.66. The van der Waals surface area contributed by atoms with Crippen molar-refractivity contribution >= 4 is 11.7 Å². The van der Waals surface area contributed by atoms with Crippen molar-refractivity contribution in [2.24, 2.45) is 7.05 Å². The Balaban J connectivity index is 1.93. The van der Waals surface area contributed by atoms with Crippen molar-refractivity contribution in [3.05, 3.63) is 36.0 Å². The summed E-state index contributed by atoms with van der Waals surface area (Å²) in [6.07, 6.45) is 0. The topological polar surface area (TPSA) is 67.6 Å². The smallest absolute Gasteiger partial charge is 0.356 e. The number of benzene rings is 1. The number of aromatic carboxylic acids is 1. The van der Waals surface area contributed by atoms with Crippen LogP contribution in [0.5, 0.6) is 0 Å². The molecular formula is C15H17N3O3. The lowest BCUT2D eigenvalue weighted by Gasteiger charge is -2.29. The molecule has 1 aromatic carbocycles. The Hall–Kier alpha value is -2.34. The van der Waals surface area contributed by atoms with Gasteiger partial charge in [0.05, 0.1) is 18.9 Å². The van der Waals surface area contributed by atoms with E-state index < -0.39 is 5.97 Å². The van der Waals surface area contributed by atoms with Crippen LogP contribution in [-0.2, 0) is 11.8 Å². The number of aromatic nitrogens is 2. The fraction of sp³-hybridized carbons (Fsp3) is 0.333. The van der Waals surface area contributed by atoms with Crippen molar-refractivity contribution in [2.75, 3.05) is 31.2 Å². The summed E-state index contributed by atoms with van der Waals surface area (Å²) in [5, 5.41) is 13.0. The van der Waals surface area contributed by atoms with Gasteiger partial charge in [-0.15, -0.1) is 0 Å². The van der Waals surface area contributed by atoms with E-state index in [1.807, 2.05) is 12.1 Å². The van der Waals surface area contributed by atoms with Crippen molar-refractivity contribution in [1.29, 1.82) is 0 Å². The van der Waals surface area contributed by atoms with Crippen LogP contribution in [0.2, 0.25) is 0 Å². The number of ether oxygens (including phenoxy) is 1. The summed E-state index contributed by atoms with van der Waals surface area (Å²) in [6.45, 7) is 3.21. The highest BCUT2D eigenvalue weighted by Gasteiger charge is 2.15. The van der Waals surface area contributed by atoms with Crippen LogP contribution in [0.15, 0.2) is 30.3 Å². The maximum Gasteiger partial charge on any atom is 0.356 e. The summed E-state index contributed by atoms with van der Waals surface area (Å²) in [4.78, 5) is 13.3. The predicted octanol–water partition coefficient (Wildman–Crippen LogP) is 1.62. The van der Waals surface area contributed by atoms with Crippen LogP contribution in [0.25, 0.3) is 11.3 Å². The quantitative estimate of drug-likeness (QED) is 0.929. The number of hydrogen-bond donors (Lipinski definition) is 1. The molecule has 2 heterocycles. The standard InChI is InChI=1S/C15H17N3O3/c1-17-14(10-13(16-17)15(19)20)11-3-2-4-12(9-11)18-5-7-21-8-6-18/h2-4,9-10H,5-8H2,1H3,(H,19,20). The first-order chi connectivity index (χ1) is 10.1. The Labute approximate surface area is 122 Å². The second kappa shape index (κ2) is 5.57. The molecule has 0 unspecified atom stereocenters. The highest BCUT2D eigenvalue weighted by molar-refractivity contribution is 5.87. The third-order valence-corrected chi connectivity index (χ3v) is 3.62. The summed E-state index contributed by atoms with van der Waals surface area (Å²) < 4.78 is 6.96. The monoisotopic (exact) mass is 287 g/mol. The van der Waals surface area contributed by atoms with Gasteiger partial charge in [0.2, 0.25) is 0 Å². The molecule has 1 saturated heterocycles. The number of hydrogen-bond acceptors (Lipinski definition) is 4. The van der Waals surface area contributed by atoms with Gasteiger partial charge in [-0.1, -0.05) is 12.1 Å². The van der Waals surface area contributed by atoms with Crippen molar-refractivity contribution in [3.63, 3.8) is 0 Å². The van der Waals surface area contributed by atoms with Crippen molar-refractivity contribution in [3.8, 4) is 11.3 Å². The zero-order chi connectivity index (χ0) is 14.8. The summed E-state index contributed by atoms with van der Waals surface area (Å²) in [5.41, 5.74) is 2.93. The first kappa shape index (κ1) is 13.6. The molecule has 6 nitrogen and oxygen atoms in total. The predicted molar refractivity (Wildman–Crippen MR) is 78.6 cm³/mol. The van der Waals surface area contributed by atoms with Gasteiger partial charge in [-0.05, 0) is 18.2 Å². The fourth-order valence-corrected chi connectivity index (χ4v) is 2.53. The number of morpholine rings is 1. The minimum absolute atomic E-state index is 0.0595. The van der Waals surface area contributed by atoms with Crippen molar-refractivity contribution < 1.29 is 14.6 Å². The van der Waals surface area contributed by atoms with Gasteiger partial charge < -0.3 is 14.7 Å². The van der Waals surface area contributed by atoms with E-state index in [0.29, 0.717) is 0 Å². The van der Waals surface area contributed by atoms with Crippen LogP contribution < -0.4 is 4.90 Å². The number of anilines is 1. The van der Waals surface area contributed by atoms with E-state index in [1.54, 1.807) is 17.8 Å². The average Bonchev–Trinajstić information content (AvgIpc) is 2.91. The Morgan fingerprint density at radius 1 is 1.29 bits per heavy atom. The number of rotatable bonds is 3. The molecule has 0 aliphatic carbocycles. The second-order valence-corrected chi connectivity index (χ2v) is 4.99. The van der Waals surface area contributed by atoms with Crippen LogP contribution in [0.1, 0.15) is 10.5 Å². The van der Waals surface area contributed by atoms with E-state index in [9.17, 15) is 4.79 Å². The van der Waals surface area contributed by atoms with Crippen LogP contribution in [-0.4, -0.2) is 47.2 Å². The van der Waals surface area contributed by atoms with Gasteiger partial charge in [-0.25, -0.2) is 4.79 Å². The van der Waals surface area contributed by atoms with Crippen LogP contribution >= 0.6 is 0 Å². The summed E-state index contributed by atoms with van der Waals surface area (Å²) >= 11 is 0. The summed E-state index contributed by atoms with van der Waals surface area (Å²) in [7, 11) is 1.75. The first-order valence-electron chi connectivity index (χ1n) is 6.85. The molecule has 6 heteroatoms. The Morgan fingerprint density at radius 3 is 2.71 bits per heavy atom. The van der Waals surface area contributed by atoms with E-state index in [1.165, 1.54) is 0 Å². The zero-order valence-electron chi connectivity index (χ0n) is 11.8. The Kier molecular flexibility index (Phi) is 3.62. The molecule has 0 radical (unpaired) electrons. The molecule has 0 saturated carbocycles. The average molecular weight is 287 g/mol. The van der Waals surface area contributed by atoms with Crippen molar-refractivity contribution in [2.45, 2.75) is 0 Å². The van der Waals surface area contributed by atoms with Crippen LogP contribution in [0.4, 0.5) is 5.69 Å². The maximum absolute atomic E-state index is 11.0. The molecule has 1 aliphatic heterocycles. The third-order valence-electron chi connectivity index (χ3n) is 3.62. The molecule has 2 aromatic rings. The van der Waals surface area contributed by atoms with Gasteiger partial charge >= 0.3 is 5.97 Å². The molecule has 1 N–H and O–H groups in total. The number of aryl methyl sites for hydroxylation is 1. The number of carboxylic acid groups (broad SMARTS) is 1. The van der Waals surface area contributed by atoms with E-state index in [4.69, 9.17) is 9.84 Å². The van der Waals surface area contributed by atoms with Crippen molar-refractivity contribution in [1.82, 2.24) is 9.78 Å². The summed E-state index contributed by atoms with van der Waals surface area (Å²) in [5.74, 6) is -1.01. The number of carboxylic acids is 1. The molecular weight excluding hydrogens is 270 g/mol. The van der Waals surface area contributed by atoms with E-state index in [2.05, 4.69) is 22.1 Å². The molecule has 21 heavy (non-hydrogen) atoms. The lowest BCUT2D eigenvalue weighted by molar-refractivity contribution is 0.0689. The minimum Gasteiger partial charge on any atom is -0.476 e. The zero-order valence-corrected chi connectivity index (χ0v) is 11.8. The first-order valence-corrected chi connectivity index (χ1v) is 6.85. The SMILES string of the molecule is Cn1nc(C(=O)O)cc1-c1cccc(N2CCOCC2)c1. The minimum atomic E-state index is -1.01. The molecule has 110 valence electrons. The normalized spacial score (nSPS) is 15.2. The fourth-order valence-electron chi connectivity index (χ4n) is 2.53. The van der Waals surface area contributed by atoms with Gasteiger partial charge in [0, 0.05) is 31.4 Å². The molecule has 1 aromatic heterocycles. The van der Waals surface area contributed by atoms with Crippen LogP contribution in [0, 0.1) is 0 Å². The largest absolute Gasteiger partial charge is 0.476 e. The second-order valence-electron chi connectivity index (χ2n) is 4.99. The van der Waals surface area contributed by atoms with E-state index in [-0.39, 0.29) is 5.69 Å². The Morgan fingerprint density at radius 2 is 2.05 bits per heavy atom. The highest BCUT2D eigenvalue weighted by atomic mass is 16.5. The van der Waals surface area contributed by atoms with E-state index >= 15 is 0 Å². The lowest BCUT2D eigenvalue weighted by atomic mass is 10.1. The molecule has 1 aliphatic rings. The van der Waals surface area contributed by atoms with Gasteiger partial charge in [0.1, 0.15) is 0 Å². The number of nitrogens with zero attached hydrogens (tertiary/aromatic N) is 3. The third kappa shape index (κ3) is 2.75. The van der Waals surface area contributed by atoms with Gasteiger partial charge in [0.25, 0.3) is 0 Å². The van der Waals surface area contributed by atoms with Gasteiger partial charge in [-0.2, -0.15) is 5.10 Å². The maximum atomic E-state index is 11.0. The van der Waals surface area contributed by atoms with Gasteiger partial charge in [-0.3, -0.25) is 4.68 Å². The molecule has 1 fully saturated rings. The highest BCUT2D eigenvalue weighted by Crippen LogP contribution is 2.25. The Bertz CT molecular complexity index is 660.